The van der Waals surface area contributed by atoms with Crippen molar-refractivity contribution < 1.29 is 44.9 Å². The van der Waals surface area contributed by atoms with Crippen molar-refractivity contribution in [2.75, 3.05) is 6.61 Å². The van der Waals surface area contributed by atoms with Gasteiger partial charge in [-0.05, 0) is 0 Å². The molecule has 0 bridgehead atoms. The van der Waals surface area contributed by atoms with Crippen LogP contribution < -0.4 is 0 Å². The first-order valence-corrected chi connectivity index (χ1v) is 5.09. The van der Waals surface area contributed by atoms with E-state index in [0.717, 1.165) is 0 Å². The van der Waals surface area contributed by atoms with E-state index >= 15 is 0 Å². The Morgan fingerprint density at radius 1 is 0.944 bits per heavy atom. The number of hydrogen-bond donors (Lipinski definition) is 7. The number of aliphatic hydroxyl groups excluding tert-OH is 6. The molecule has 0 aromatic rings. The molecule has 0 saturated heterocycles. The summed E-state index contributed by atoms with van der Waals surface area (Å²) in [6.45, 7) is -0.921. The second-order valence-electron chi connectivity index (χ2n) is 3.83. The lowest BCUT2D eigenvalue weighted by Crippen LogP contribution is -2.52. The topological polar surface area (TPSA) is 159 Å². The van der Waals surface area contributed by atoms with Crippen LogP contribution in [0, 0.1) is 0 Å². The molecule has 7 N–H and O–H groups in total. The minimum absolute atomic E-state index is 0.921. The Balaban J connectivity index is 4.52. The second-order valence-corrected chi connectivity index (χ2v) is 3.83. The summed E-state index contributed by atoms with van der Waals surface area (Å²) in [5.41, 5.74) is 0. The van der Waals surface area contributed by atoms with Gasteiger partial charge in [0.1, 0.15) is 36.7 Å². The maximum Gasteiger partial charge on any atom is 0.306 e. The summed E-state index contributed by atoms with van der Waals surface area (Å²) < 4.78 is 13.1. The number of alkyl halides is 1. The highest BCUT2D eigenvalue weighted by Gasteiger charge is 2.38. The van der Waals surface area contributed by atoms with E-state index < -0.39 is 55.7 Å². The summed E-state index contributed by atoms with van der Waals surface area (Å²) in [7, 11) is 0. The van der Waals surface area contributed by atoms with Crippen molar-refractivity contribution in [3.63, 3.8) is 0 Å². The first-order chi connectivity index (χ1) is 8.22. The Hall–Kier alpha value is -0.840. The molecule has 0 saturated carbocycles. The fourth-order valence-corrected chi connectivity index (χ4v) is 1.24. The van der Waals surface area contributed by atoms with E-state index in [-0.39, 0.29) is 0 Å². The standard InChI is InChI=1S/C9H17FO8/c10-3(1-5(13)14)6(15)8(17)9(18)7(16)4(12)2-11/h3-4,6-9,11-12,15-18H,1-2H2,(H,13,14). The van der Waals surface area contributed by atoms with Gasteiger partial charge < -0.3 is 35.7 Å². The van der Waals surface area contributed by atoms with Gasteiger partial charge in [0.15, 0.2) is 0 Å². The van der Waals surface area contributed by atoms with Gasteiger partial charge in [-0.3, -0.25) is 4.79 Å². The maximum atomic E-state index is 13.1. The van der Waals surface area contributed by atoms with Crippen LogP contribution in [0.1, 0.15) is 6.42 Å². The first-order valence-electron chi connectivity index (χ1n) is 5.09. The molecule has 0 spiro atoms. The largest absolute Gasteiger partial charge is 0.481 e. The van der Waals surface area contributed by atoms with Crippen molar-refractivity contribution in [3.8, 4) is 0 Å². The Labute approximate surface area is 102 Å². The third-order valence-corrected chi connectivity index (χ3v) is 2.37. The van der Waals surface area contributed by atoms with Crippen molar-refractivity contribution in [1.82, 2.24) is 0 Å². The predicted molar refractivity (Wildman–Crippen MR) is 54.3 cm³/mol. The van der Waals surface area contributed by atoms with E-state index in [4.69, 9.17) is 15.3 Å². The molecule has 108 valence electrons. The van der Waals surface area contributed by atoms with Gasteiger partial charge in [-0.1, -0.05) is 0 Å². The molecule has 8 nitrogen and oxygen atoms in total. The van der Waals surface area contributed by atoms with E-state index in [0.29, 0.717) is 0 Å². The van der Waals surface area contributed by atoms with Crippen LogP contribution >= 0.6 is 0 Å². The molecular weight excluding hydrogens is 255 g/mol. The Morgan fingerprint density at radius 3 is 1.78 bits per heavy atom. The third kappa shape index (κ3) is 4.80. The molecule has 9 heteroatoms. The van der Waals surface area contributed by atoms with E-state index in [2.05, 4.69) is 0 Å². The zero-order valence-corrected chi connectivity index (χ0v) is 9.30. The van der Waals surface area contributed by atoms with Crippen LogP contribution in [0.5, 0.6) is 0 Å². The van der Waals surface area contributed by atoms with Crippen LogP contribution in [0.25, 0.3) is 0 Å². The molecule has 0 heterocycles. The minimum Gasteiger partial charge on any atom is -0.481 e. The summed E-state index contributed by atoms with van der Waals surface area (Å²) in [4.78, 5) is 10.2. The van der Waals surface area contributed by atoms with Crippen molar-refractivity contribution in [2.24, 2.45) is 0 Å². The van der Waals surface area contributed by atoms with Gasteiger partial charge in [0.2, 0.25) is 0 Å². The lowest BCUT2D eigenvalue weighted by atomic mass is 9.96. The molecule has 0 aromatic carbocycles. The van der Waals surface area contributed by atoms with Gasteiger partial charge in [-0.2, -0.15) is 0 Å². The van der Waals surface area contributed by atoms with Crippen molar-refractivity contribution in [3.05, 3.63) is 0 Å². The van der Waals surface area contributed by atoms with Gasteiger partial charge >= 0.3 is 5.97 Å². The molecule has 0 amide bonds. The summed E-state index contributed by atoms with van der Waals surface area (Å²) in [6, 6.07) is 0. The highest BCUT2D eigenvalue weighted by molar-refractivity contribution is 5.67. The van der Waals surface area contributed by atoms with Crippen LogP contribution in [0.3, 0.4) is 0 Å². The molecule has 0 aliphatic carbocycles. The molecular formula is C9H17FO8. The van der Waals surface area contributed by atoms with Gasteiger partial charge in [-0.25, -0.2) is 4.39 Å². The first kappa shape index (κ1) is 17.2. The fraction of sp³-hybridized carbons (Fsp3) is 0.889. The number of rotatable bonds is 8. The molecule has 0 aliphatic heterocycles. The Kier molecular flexibility index (Phi) is 7.21. The average Bonchev–Trinajstić information content (AvgIpc) is 2.33. The third-order valence-electron chi connectivity index (χ3n) is 2.37. The molecule has 18 heavy (non-hydrogen) atoms. The van der Waals surface area contributed by atoms with Gasteiger partial charge in [0.05, 0.1) is 13.0 Å². The van der Waals surface area contributed by atoms with Crippen LogP contribution in [-0.4, -0.2) is 85.0 Å². The highest BCUT2D eigenvalue weighted by Crippen LogP contribution is 2.14. The number of halogens is 1. The van der Waals surface area contributed by atoms with Gasteiger partial charge in [0, 0.05) is 0 Å². The molecule has 0 aliphatic rings. The van der Waals surface area contributed by atoms with Crippen LogP contribution in [0.4, 0.5) is 4.39 Å². The average molecular weight is 272 g/mol. The zero-order valence-electron chi connectivity index (χ0n) is 9.30. The summed E-state index contributed by atoms with van der Waals surface area (Å²) >= 11 is 0. The lowest BCUT2D eigenvalue weighted by Gasteiger charge is -2.29. The smallest absolute Gasteiger partial charge is 0.306 e. The summed E-state index contributed by atoms with van der Waals surface area (Å²) in [5, 5.41) is 62.7. The number of carbonyl (C=O) groups is 1. The molecule has 0 rings (SSSR count). The van der Waals surface area contributed by atoms with Crippen LogP contribution in [-0.2, 0) is 4.79 Å². The van der Waals surface area contributed by atoms with Gasteiger partial charge in [-0.15, -0.1) is 0 Å². The number of carboxylic acids is 1. The molecule has 6 unspecified atom stereocenters. The van der Waals surface area contributed by atoms with Crippen molar-refractivity contribution >= 4 is 5.97 Å². The SMILES string of the molecule is O=C(O)CC(F)C(O)C(O)C(O)C(O)C(O)CO. The predicted octanol–water partition coefficient (Wildman–Crippen LogP) is -3.40. The molecule has 6 atom stereocenters. The Bertz CT molecular complexity index is 263. The maximum absolute atomic E-state index is 13.1. The van der Waals surface area contributed by atoms with E-state index in [1.165, 1.54) is 0 Å². The van der Waals surface area contributed by atoms with E-state index in [1.807, 2.05) is 0 Å². The normalized spacial score (nSPS) is 21.7. The summed E-state index contributed by atoms with van der Waals surface area (Å²) in [5.74, 6) is -1.56. The van der Waals surface area contributed by atoms with Crippen LogP contribution in [0.15, 0.2) is 0 Å². The lowest BCUT2D eigenvalue weighted by molar-refractivity contribution is -0.156. The number of aliphatic hydroxyl groups is 6. The fourth-order valence-electron chi connectivity index (χ4n) is 1.24. The Morgan fingerprint density at radius 2 is 1.39 bits per heavy atom. The van der Waals surface area contributed by atoms with Crippen molar-refractivity contribution in [1.29, 1.82) is 0 Å². The molecule has 0 fully saturated rings. The van der Waals surface area contributed by atoms with E-state index in [9.17, 15) is 29.6 Å². The quantitative estimate of drug-likeness (QED) is 0.241. The minimum atomic E-state index is -2.36. The molecule has 0 radical (unpaired) electrons. The zero-order chi connectivity index (χ0) is 14.5. The van der Waals surface area contributed by atoms with Crippen molar-refractivity contribution in [2.45, 2.75) is 43.1 Å². The second kappa shape index (κ2) is 7.56. The van der Waals surface area contributed by atoms with E-state index in [1.54, 1.807) is 0 Å². The number of carboxylic acid groups (broad SMARTS) is 1. The van der Waals surface area contributed by atoms with Gasteiger partial charge in [0.25, 0.3) is 0 Å². The highest BCUT2D eigenvalue weighted by atomic mass is 19.1. The molecule has 0 aromatic heterocycles. The number of aliphatic carboxylic acids is 1. The number of hydrogen-bond acceptors (Lipinski definition) is 7. The van der Waals surface area contributed by atoms with Crippen LogP contribution in [0.2, 0.25) is 0 Å². The summed E-state index contributed by atoms with van der Waals surface area (Å²) in [6.07, 6.45) is -13.9. The monoisotopic (exact) mass is 272 g/mol.